The van der Waals surface area contributed by atoms with Crippen molar-refractivity contribution in [3.05, 3.63) is 90.0 Å². The maximum absolute atomic E-state index is 13.0. The fraction of sp³-hybridized carbons (Fsp3) is 0.148. The third-order valence-corrected chi connectivity index (χ3v) is 5.28. The summed E-state index contributed by atoms with van der Waals surface area (Å²) in [6.07, 6.45) is 0. The molecule has 4 aromatic rings. The maximum Gasteiger partial charge on any atom is 0.339 e. The van der Waals surface area contributed by atoms with Crippen molar-refractivity contribution < 1.29 is 23.8 Å². The van der Waals surface area contributed by atoms with Crippen molar-refractivity contribution in [2.24, 2.45) is 0 Å². The van der Waals surface area contributed by atoms with Gasteiger partial charge in [-0.05, 0) is 35.9 Å². The van der Waals surface area contributed by atoms with Crippen LogP contribution in [0.5, 0.6) is 11.5 Å². The predicted octanol–water partition coefficient (Wildman–Crippen LogP) is 4.39. The Morgan fingerprint density at radius 1 is 0.853 bits per heavy atom. The van der Waals surface area contributed by atoms with Crippen LogP contribution < -0.4 is 14.8 Å². The van der Waals surface area contributed by atoms with Gasteiger partial charge in [-0.15, -0.1) is 0 Å². The lowest BCUT2D eigenvalue weighted by molar-refractivity contribution is -0.124. The number of para-hydroxylation sites is 1. The summed E-state index contributed by atoms with van der Waals surface area (Å²) in [5.41, 5.74) is 3.24. The number of methoxy groups -OCH3 is 2. The number of amides is 1. The van der Waals surface area contributed by atoms with Gasteiger partial charge in [0, 0.05) is 17.5 Å². The predicted molar refractivity (Wildman–Crippen MR) is 129 cm³/mol. The Hall–Kier alpha value is -4.39. The summed E-state index contributed by atoms with van der Waals surface area (Å²) in [4.78, 5) is 29.9. The smallest absolute Gasteiger partial charge is 0.339 e. The van der Waals surface area contributed by atoms with Crippen molar-refractivity contribution in [2.75, 3.05) is 20.8 Å². The molecule has 0 saturated carbocycles. The quantitative estimate of drug-likeness (QED) is 0.396. The van der Waals surface area contributed by atoms with Gasteiger partial charge in [0.05, 0.1) is 31.0 Å². The van der Waals surface area contributed by atoms with E-state index in [9.17, 15) is 9.59 Å². The van der Waals surface area contributed by atoms with E-state index in [0.717, 1.165) is 11.1 Å². The van der Waals surface area contributed by atoms with Gasteiger partial charge < -0.3 is 19.5 Å². The first kappa shape index (κ1) is 22.8. The highest BCUT2D eigenvalue weighted by atomic mass is 16.5. The number of nitrogens with one attached hydrogen (secondary N) is 1. The van der Waals surface area contributed by atoms with Crippen molar-refractivity contribution in [1.29, 1.82) is 0 Å². The summed E-state index contributed by atoms with van der Waals surface area (Å²) >= 11 is 0. The molecule has 0 atom stereocenters. The lowest BCUT2D eigenvalue weighted by Crippen LogP contribution is -2.28. The maximum atomic E-state index is 13.0. The van der Waals surface area contributed by atoms with Crippen LogP contribution >= 0.6 is 0 Å². The van der Waals surface area contributed by atoms with Gasteiger partial charge in [0.1, 0.15) is 0 Å². The van der Waals surface area contributed by atoms with E-state index in [1.807, 2.05) is 54.6 Å². The Morgan fingerprint density at radius 2 is 1.59 bits per heavy atom. The lowest BCUT2D eigenvalue weighted by Gasteiger charge is -2.12. The molecular formula is C27H24N2O5. The Morgan fingerprint density at radius 3 is 2.35 bits per heavy atom. The van der Waals surface area contributed by atoms with Crippen LogP contribution in [0.25, 0.3) is 22.2 Å². The number of pyridine rings is 1. The molecule has 0 bridgehead atoms. The van der Waals surface area contributed by atoms with Gasteiger partial charge in [-0.3, -0.25) is 4.79 Å². The molecule has 4 rings (SSSR count). The third kappa shape index (κ3) is 5.15. The summed E-state index contributed by atoms with van der Waals surface area (Å²) in [7, 11) is 3.12. The number of rotatable bonds is 8. The Kier molecular flexibility index (Phi) is 7.03. The van der Waals surface area contributed by atoms with E-state index in [1.54, 1.807) is 38.5 Å². The Bertz CT molecular complexity index is 1320. The average molecular weight is 456 g/mol. The molecule has 7 heteroatoms. The first-order valence-electron chi connectivity index (χ1n) is 10.7. The first-order chi connectivity index (χ1) is 16.6. The van der Waals surface area contributed by atoms with Crippen molar-refractivity contribution in [3.63, 3.8) is 0 Å². The van der Waals surface area contributed by atoms with Gasteiger partial charge in [0.15, 0.2) is 18.1 Å². The Balaban J connectivity index is 1.55. The van der Waals surface area contributed by atoms with Crippen molar-refractivity contribution in [3.8, 4) is 22.8 Å². The molecule has 0 aliphatic rings. The SMILES string of the molecule is COc1ccc(-c2cc(C(=O)OCC(=O)NCc3ccccc3)c3ccccc3n2)cc1OC. The molecule has 1 amide bonds. The zero-order valence-electron chi connectivity index (χ0n) is 18.9. The van der Waals surface area contributed by atoms with Gasteiger partial charge in [0.2, 0.25) is 0 Å². The fourth-order valence-electron chi connectivity index (χ4n) is 3.54. The van der Waals surface area contributed by atoms with Gasteiger partial charge >= 0.3 is 5.97 Å². The van der Waals surface area contributed by atoms with E-state index in [-0.39, 0.29) is 12.5 Å². The molecule has 0 saturated heterocycles. The zero-order valence-corrected chi connectivity index (χ0v) is 18.9. The molecule has 0 fully saturated rings. The number of nitrogens with zero attached hydrogens (tertiary/aromatic N) is 1. The number of fused-ring (bicyclic) bond motifs is 1. The van der Waals surface area contributed by atoms with Crippen molar-refractivity contribution in [2.45, 2.75) is 6.54 Å². The second-order valence-electron chi connectivity index (χ2n) is 7.48. The van der Waals surface area contributed by atoms with E-state index in [4.69, 9.17) is 19.2 Å². The molecule has 0 unspecified atom stereocenters. The van der Waals surface area contributed by atoms with Gasteiger partial charge in [-0.2, -0.15) is 0 Å². The largest absolute Gasteiger partial charge is 0.493 e. The Labute approximate surface area is 197 Å². The summed E-state index contributed by atoms with van der Waals surface area (Å²) in [6, 6.07) is 23.9. The summed E-state index contributed by atoms with van der Waals surface area (Å²) in [5.74, 6) is 0.160. The van der Waals surface area contributed by atoms with Gasteiger partial charge in [0.25, 0.3) is 5.91 Å². The van der Waals surface area contributed by atoms with Gasteiger partial charge in [-0.25, -0.2) is 9.78 Å². The molecule has 0 spiro atoms. The number of carbonyl (C=O) groups excluding carboxylic acids is 2. The van der Waals surface area contributed by atoms with E-state index in [0.29, 0.717) is 40.2 Å². The monoisotopic (exact) mass is 456 g/mol. The minimum absolute atomic E-state index is 0.325. The first-order valence-corrected chi connectivity index (χ1v) is 10.7. The topological polar surface area (TPSA) is 86.8 Å². The van der Waals surface area contributed by atoms with Crippen LogP contribution in [0, 0.1) is 0 Å². The highest BCUT2D eigenvalue weighted by molar-refractivity contribution is 6.05. The molecule has 0 aliphatic carbocycles. The van der Waals surface area contributed by atoms with Crippen LogP contribution in [-0.4, -0.2) is 37.7 Å². The minimum Gasteiger partial charge on any atom is -0.493 e. The third-order valence-electron chi connectivity index (χ3n) is 5.28. The van der Waals surface area contributed by atoms with E-state index in [2.05, 4.69) is 5.32 Å². The molecule has 172 valence electrons. The second-order valence-corrected chi connectivity index (χ2v) is 7.48. The summed E-state index contributed by atoms with van der Waals surface area (Å²) in [6.45, 7) is -0.0210. The van der Waals surface area contributed by atoms with Crippen LogP contribution in [0.15, 0.2) is 78.9 Å². The number of hydrogen-bond donors (Lipinski definition) is 1. The molecule has 1 heterocycles. The molecular weight excluding hydrogens is 432 g/mol. The lowest BCUT2D eigenvalue weighted by atomic mass is 10.0. The minimum atomic E-state index is -0.602. The van der Waals surface area contributed by atoms with E-state index < -0.39 is 5.97 Å². The van der Waals surface area contributed by atoms with Gasteiger partial charge in [-0.1, -0.05) is 48.5 Å². The average Bonchev–Trinajstić information content (AvgIpc) is 2.90. The van der Waals surface area contributed by atoms with Crippen LogP contribution in [0.4, 0.5) is 0 Å². The van der Waals surface area contributed by atoms with Crippen LogP contribution in [0.1, 0.15) is 15.9 Å². The highest BCUT2D eigenvalue weighted by Gasteiger charge is 2.17. The highest BCUT2D eigenvalue weighted by Crippen LogP contribution is 2.33. The van der Waals surface area contributed by atoms with Crippen LogP contribution in [0.3, 0.4) is 0 Å². The van der Waals surface area contributed by atoms with Crippen molar-refractivity contribution >= 4 is 22.8 Å². The summed E-state index contributed by atoms with van der Waals surface area (Å²) < 4.78 is 16.0. The number of benzene rings is 3. The number of esters is 1. The fourth-order valence-corrected chi connectivity index (χ4v) is 3.54. The zero-order chi connectivity index (χ0) is 23.9. The molecule has 0 aliphatic heterocycles. The number of hydrogen-bond acceptors (Lipinski definition) is 6. The number of aromatic nitrogens is 1. The van der Waals surface area contributed by atoms with E-state index >= 15 is 0 Å². The van der Waals surface area contributed by atoms with Crippen LogP contribution in [-0.2, 0) is 16.1 Å². The molecule has 1 aromatic heterocycles. The standard InChI is InChI=1S/C27H24N2O5/c1-32-24-13-12-19(14-25(24)33-2)23-15-21(20-10-6-7-11-22(20)29-23)27(31)34-17-26(30)28-16-18-8-4-3-5-9-18/h3-15H,16-17H2,1-2H3,(H,28,30). The van der Waals surface area contributed by atoms with Crippen LogP contribution in [0.2, 0.25) is 0 Å². The van der Waals surface area contributed by atoms with E-state index in [1.165, 1.54) is 0 Å². The molecule has 34 heavy (non-hydrogen) atoms. The summed E-state index contributed by atoms with van der Waals surface area (Å²) in [5, 5.41) is 3.39. The normalized spacial score (nSPS) is 10.5. The number of ether oxygens (including phenoxy) is 3. The number of carbonyl (C=O) groups is 2. The molecule has 0 radical (unpaired) electrons. The molecule has 3 aromatic carbocycles. The molecule has 7 nitrogen and oxygen atoms in total. The van der Waals surface area contributed by atoms with Crippen molar-refractivity contribution in [1.82, 2.24) is 10.3 Å². The molecule has 1 N–H and O–H groups in total. The second kappa shape index (κ2) is 10.5.